The molecule has 8 nitrogen and oxygen atoms in total. The van der Waals surface area contributed by atoms with E-state index in [0.29, 0.717) is 0 Å². The molecule has 0 aliphatic carbocycles. The van der Waals surface area contributed by atoms with E-state index in [-0.39, 0.29) is 17.1 Å². The zero-order valence-electron chi connectivity index (χ0n) is 12.3. The molecule has 0 saturated heterocycles. The summed E-state index contributed by atoms with van der Waals surface area (Å²) in [5, 5.41) is 48.6. The van der Waals surface area contributed by atoms with Crippen LogP contribution in [0.4, 0.5) is 0 Å². The molecule has 0 saturated carbocycles. The van der Waals surface area contributed by atoms with Gasteiger partial charge in [-0.1, -0.05) is 0 Å². The van der Waals surface area contributed by atoms with E-state index in [1.807, 2.05) is 0 Å². The summed E-state index contributed by atoms with van der Waals surface area (Å²) < 4.78 is 10.3. The maximum absolute atomic E-state index is 12.3. The molecule has 0 spiro atoms. The van der Waals surface area contributed by atoms with E-state index in [2.05, 4.69) is 0 Å². The molecule has 0 aliphatic heterocycles. The zero-order chi connectivity index (χ0) is 17.6. The van der Waals surface area contributed by atoms with Crippen LogP contribution in [0.25, 0.3) is 22.3 Å². The molecule has 3 aromatic rings. The molecule has 0 radical (unpaired) electrons. The van der Waals surface area contributed by atoms with E-state index in [0.717, 1.165) is 18.2 Å². The molecule has 0 fully saturated rings. The average molecular weight is 332 g/mol. The average Bonchev–Trinajstić information content (AvgIpc) is 2.56. The number of aromatic hydroxyl groups is 5. The summed E-state index contributed by atoms with van der Waals surface area (Å²) in [5.74, 6) is -3.28. The van der Waals surface area contributed by atoms with Crippen molar-refractivity contribution in [1.82, 2.24) is 0 Å². The molecule has 3 rings (SSSR count). The summed E-state index contributed by atoms with van der Waals surface area (Å²) in [4.78, 5) is 12.3. The number of hydrogen-bond donors (Lipinski definition) is 5. The number of phenols is 4. The predicted octanol–water partition coefficient (Wildman–Crippen LogP) is 2.00. The summed E-state index contributed by atoms with van der Waals surface area (Å²) in [6.07, 6.45) is 0. The number of ether oxygens (including phenoxy) is 1. The molecule has 1 heterocycles. The summed E-state index contributed by atoms with van der Waals surface area (Å²) in [6, 6.07) is 4.50. The molecule has 0 aliphatic rings. The maximum atomic E-state index is 12.3. The van der Waals surface area contributed by atoms with Gasteiger partial charge in [-0.25, -0.2) is 0 Å². The molecule has 1 aromatic heterocycles. The van der Waals surface area contributed by atoms with Crippen LogP contribution in [0, 0.1) is 0 Å². The second-order valence-corrected chi connectivity index (χ2v) is 4.96. The van der Waals surface area contributed by atoms with Crippen LogP contribution in [0.2, 0.25) is 0 Å². The Morgan fingerprint density at radius 2 is 1.62 bits per heavy atom. The van der Waals surface area contributed by atoms with Crippen LogP contribution in [0.5, 0.6) is 34.5 Å². The minimum atomic E-state index is -0.978. The van der Waals surface area contributed by atoms with E-state index in [9.17, 15) is 30.3 Å². The van der Waals surface area contributed by atoms with Gasteiger partial charge in [0.25, 0.3) is 0 Å². The molecule has 24 heavy (non-hydrogen) atoms. The highest BCUT2D eigenvalue weighted by atomic mass is 16.5. The number of benzene rings is 2. The maximum Gasteiger partial charge on any atom is 0.238 e. The zero-order valence-corrected chi connectivity index (χ0v) is 12.3. The fraction of sp³-hybridized carbons (Fsp3) is 0.0625. The molecule has 0 atom stereocenters. The molecular formula is C16H12O8. The lowest BCUT2D eigenvalue weighted by molar-refractivity contribution is 0.366. The van der Waals surface area contributed by atoms with Gasteiger partial charge in [0, 0.05) is 11.6 Å². The van der Waals surface area contributed by atoms with Gasteiger partial charge < -0.3 is 34.7 Å². The van der Waals surface area contributed by atoms with Crippen LogP contribution in [0.1, 0.15) is 0 Å². The summed E-state index contributed by atoms with van der Waals surface area (Å²) in [6.45, 7) is 0. The number of methoxy groups -OCH3 is 1. The lowest BCUT2D eigenvalue weighted by Crippen LogP contribution is -2.03. The first kappa shape index (κ1) is 15.3. The van der Waals surface area contributed by atoms with Crippen molar-refractivity contribution in [2.45, 2.75) is 0 Å². The van der Waals surface area contributed by atoms with Crippen molar-refractivity contribution in [1.29, 1.82) is 0 Å². The smallest absolute Gasteiger partial charge is 0.238 e. The monoisotopic (exact) mass is 332 g/mol. The normalized spacial score (nSPS) is 10.9. The third kappa shape index (κ3) is 2.12. The largest absolute Gasteiger partial charge is 0.507 e. The van der Waals surface area contributed by atoms with Crippen LogP contribution < -0.4 is 10.2 Å². The molecule has 0 unspecified atom stereocenters. The van der Waals surface area contributed by atoms with E-state index in [4.69, 9.17) is 9.15 Å². The van der Waals surface area contributed by atoms with Crippen molar-refractivity contribution in [3.05, 3.63) is 34.5 Å². The second-order valence-electron chi connectivity index (χ2n) is 4.96. The van der Waals surface area contributed by atoms with E-state index in [1.165, 1.54) is 13.2 Å². The van der Waals surface area contributed by atoms with Gasteiger partial charge in [-0.05, 0) is 18.2 Å². The van der Waals surface area contributed by atoms with Crippen LogP contribution in [0.3, 0.4) is 0 Å². The number of fused-ring (bicyclic) bond motifs is 1. The van der Waals surface area contributed by atoms with Crippen molar-refractivity contribution >= 4 is 11.0 Å². The molecule has 0 bridgehead atoms. The summed E-state index contributed by atoms with van der Waals surface area (Å²) in [7, 11) is 1.25. The van der Waals surface area contributed by atoms with E-state index in [1.54, 1.807) is 0 Å². The van der Waals surface area contributed by atoms with Crippen LogP contribution >= 0.6 is 0 Å². The van der Waals surface area contributed by atoms with Crippen molar-refractivity contribution in [2.75, 3.05) is 7.11 Å². The Morgan fingerprint density at radius 3 is 2.25 bits per heavy atom. The van der Waals surface area contributed by atoms with Gasteiger partial charge >= 0.3 is 0 Å². The van der Waals surface area contributed by atoms with Crippen molar-refractivity contribution in [3.8, 4) is 45.8 Å². The summed E-state index contributed by atoms with van der Waals surface area (Å²) in [5.41, 5.74) is -1.30. The SMILES string of the molecule is COc1cc(O)c2c(=O)c(O)c(-c3ccc(O)c(O)c3)oc2c1O. The molecule has 124 valence electrons. The highest BCUT2D eigenvalue weighted by Crippen LogP contribution is 2.43. The lowest BCUT2D eigenvalue weighted by atomic mass is 10.1. The Kier molecular flexibility index (Phi) is 3.37. The molecule has 5 N–H and O–H groups in total. The highest BCUT2D eigenvalue weighted by Gasteiger charge is 2.23. The van der Waals surface area contributed by atoms with E-state index >= 15 is 0 Å². The first-order valence-electron chi connectivity index (χ1n) is 6.66. The van der Waals surface area contributed by atoms with Gasteiger partial charge in [0.15, 0.2) is 28.6 Å². The predicted molar refractivity (Wildman–Crippen MR) is 82.8 cm³/mol. The number of rotatable bonds is 2. The minimum absolute atomic E-state index is 0.0727. The van der Waals surface area contributed by atoms with Crippen molar-refractivity contribution in [3.63, 3.8) is 0 Å². The first-order chi connectivity index (χ1) is 11.3. The Balaban J connectivity index is 2.42. The van der Waals surface area contributed by atoms with Gasteiger partial charge in [0.1, 0.15) is 11.1 Å². The first-order valence-corrected chi connectivity index (χ1v) is 6.66. The van der Waals surface area contributed by atoms with Gasteiger partial charge in [-0.2, -0.15) is 0 Å². The van der Waals surface area contributed by atoms with Crippen LogP contribution in [-0.2, 0) is 0 Å². The van der Waals surface area contributed by atoms with Crippen molar-refractivity contribution in [2.24, 2.45) is 0 Å². The molecule has 0 amide bonds. The van der Waals surface area contributed by atoms with Crippen molar-refractivity contribution < 1.29 is 34.7 Å². The van der Waals surface area contributed by atoms with Crippen LogP contribution in [0.15, 0.2) is 33.5 Å². The number of hydrogen-bond acceptors (Lipinski definition) is 8. The quantitative estimate of drug-likeness (QED) is 0.354. The minimum Gasteiger partial charge on any atom is -0.507 e. The van der Waals surface area contributed by atoms with Gasteiger partial charge in [0.05, 0.1) is 7.11 Å². The number of phenolic OH excluding ortho intramolecular Hbond substituents is 4. The third-order valence-corrected chi connectivity index (χ3v) is 3.52. The van der Waals surface area contributed by atoms with Gasteiger partial charge in [0.2, 0.25) is 16.9 Å². The summed E-state index contributed by atoms with van der Waals surface area (Å²) >= 11 is 0. The van der Waals surface area contributed by atoms with E-state index < -0.39 is 45.1 Å². The van der Waals surface area contributed by atoms with Crippen LogP contribution in [-0.4, -0.2) is 32.6 Å². The Labute approximate surface area is 134 Å². The Hall–Kier alpha value is -3.55. The molecule has 8 heteroatoms. The highest BCUT2D eigenvalue weighted by molar-refractivity contribution is 5.93. The lowest BCUT2D eigenvalue weighted by Gasteiger charge is -2.11. The third-order valence-electron chi connectivity index (χ3n) is 3.52. The Morgan fingerprint density at radius 1 is 0.917 bits per heavy atom. The standard InChI is InChI=1S/C16H12O8/c1-23-10-5-9(19)11-13(21)14(22)15(24-16(11)12(10)20)6-2-3-7(17)8(18)4-6/h2-5,17-20,22H,1H3. The fourth-order valence-corrected chi connectivity index (χ4v) is 2.32. The van der Waals surface area contributed by atoms with Gasteiger partial charge in [-0.3, -0.25) is 4.79 Å². The topological polar surface area (TPSA) is 141 Å². The molecular weight excluding hydrogens is 320 g/mol. The Bertz CT molecular complexity index is 1020. The molecule has 2 aromatic carbocycles. The fourth-order valence-electron chi connectivity index (χ4n) is 2.32. The van der Waals surface area contributed by atoms with Gasteiger partial charge in [-0.15, -0.1) is 0 Å². The second kappa shape index (κ2) is 5.27.